The molecule has 2 N–H and O–H groups in total. The third-order valence-electron chi connectivity index (χ3n) is 3.34. The van der Waals surface area contributed by atoms with Gasteiger partial charge in [-0.3, -0.25) is 4.90 Å². The first-order chi connectivity index (χ1) is 5.74. The number of rotatable bonds is 1. The van der Waals surface area contributed by atoms with Crippen LogP contribution in [0.5, 0.6) is 0 Å². The van der Waals surface area contributed by atoms with Crippen LogP contribution in [0.4, 0.5) is 0 Å². The van der Waals surface area contributed by atoms with Crippen LogP contribution in [0, 0.1) is 0 Å². The lowest BCUT2D eigenvalue weighted by atomic mass is 9.95. The molecule has 0 aromatic rings. The zero-order valence-corrected chi connectivity index (χ0v) is 10.2. The van der Waals surface area contributed by atoms with Crippen molar-refractivity contribution in [3.05, 3.63) is 0 Å². The quantitative estimate of drug-likeness (QED) is 0.709. The molecule has 2 aliphatic heterocycles. The van der Waals surface area contributed by atoms with Gasteiger partial charge in [-0.05, 0) is 26.3 Å². The molecule has 2 saturated heterocycles. The highest BCUT2D eigenvalue weighted by atomic mass is 35.5. The fourth-order valence-corrected chi connectivity index (χ4v) is 2.41. The molecule has 0 saturated carbocycles. The van der Waals surface area contributed by atoms with Crippen molar-refractivity contribution >= 4 is 24.8 Å². The summed E-state index contributed by atoms with van der Waals surface area (Å²) in [5.74, 6) is 0. The van der Waals surface area contributed by atoms with Crippen LogP contribution in [0.15, 0.2) is 0 Å². The van der Waals surface area contributed by atoms with Crippen LogP contribution in [0.2, 0.25) is 0 Å². The maximum absolute atomic E-state index is 9.01. The summed E-state index contributed by atoms with van der Waals surface area (Å²) < 4.78 is 0. The van der Waals surface area contributed by atoms with E-state index < -0.39 is 0 Å². The molecular weight excluding hydrogens is 223 g/mol. The Balaban J connectivity index is 0.000000845. The standard InChI is InChI=1S/C9H18N2O.2ClH/c1-9-3-2-4-11(9)5-8(6-12)10-7-9;;/h8,10,12H,2-7H2,1H3;2*1H. The Morgan fingerprint density at radius 2 is 2.21 bits per heavy atom. The van der Waals surface area contributed by atoms with Crippen molar-refractivity contribution in [1.82, 2.24) is 10.2 Å². The lowest BCUT2D eigenvalue weighted by molar-refractivity contribution is 0.0724. The average Bonchev–Trinajstić information content (AvgIpc) is 2.45. The molecule has 2 aliphatic rings. The van der Waals surface area contributed by atoms with Crippen molar-refractivity contribution in [3.8, 4) is 0 Å². The highest BCUT2D eigenvalue weighted by molar-refractivity contribution is 5.85. The molecule has 86 valence electrons. The summed E-state index contributed by atoms with van der Waals surface area (Å²) in [4.78, 5) is 2.52. The van der Waals surface area contributed by atoms with Gasteiger partial charge < -0.3 is 10.4 Å². The summed E-state index contributed by atoms with van der Waals surface area (Å²) in [5.41, 5.74) is 0.381. The van der Waals surface area contributed by atoms with Gasteiger partial charge in [0.2, 0.25) is 0 Å². The van der Waals surface area contributed by atoms with Gasteiger partial charge in [0, 0.05) is 24.7 Å². The average molecular weight is 243 g/mol. The van der Waals surface area contributed by atoms with Crippen molar-refractivity contribution in [2.75, 3.05) is 26.2 Å². The molecule has 0 amide bonds. The van der Waals surface area contributed by atoms with Crippen molar-refractivity contribution < 1.29 is 5.11 Å². The number of aliphatic hydroxyl groups is 1. The van der Waals surface area contributed by atoms with Crippen LogP contribution in [0.1, 0.15) is 19.8 Å². The number of hydrogen-bond donors (Lipinski definition) is 2. The van der Waals surface area contributed by atoms with Crippen LogP contribution in [0.25, 0.3) is 0 Å². The smallest absolute Gasteiger partial charge is 0.0597 e. The van der Waals surface area contributed by atoms with Gasteiger partial charge in [-0.15, -0.1) is 24.8 Å². The number of halogens is 2. The van der Waals surface area contributed by atoms with Gasteiger partial charge in [0.1, 0.15) is 0 Å². The van der Waals surface area contributed by atoms with Crippen LogP contribution < -0.4 is 5.32 Å². The molecule has 0 aromatic heterocycles. The van der Waals surface area contributed by atoms with Crippen LogP contribution >= 0.6 is 24.8 Å². The summed E-state index contributed by atoms with van der Waals surface area (Å²) in [6.45, 7) is 5.87. The Morgan fingerprint density at radius 1 is 1.50 bits per heavy atom. The summed E-state index contributed by atoms with van der Waals surface area (Å²) >= 11 is 0. The molecule has 0 radical (unpaired) electrons. The predicted molar refractivity (Wildman–Crippen MR) is 62.6 cm³/mol. The van der Waals surface area contributed by atoms with Gasteiger partial charge in [0.05, 0.1) is 6.61 Å². The normalized spacial score (nSPS) is 36.9. The molecule has 0 aromatic carbocycles. The highest BCUT2D eigenvalue weighted by Gasteiger charge is 2.40. The van der Waals surface area contributed by atoms with Gasteiger partial charge >= 0.3 is 0 Å². The lowest BCUT2D eigenvalue weighted by Gasteiger charge is -2.43. The second kappa shape index (κ2) is 5.52. The van der Waals surface area contributed by atoms with E-state index in [2.05, 4.69) is 17.1 Å². The molecule has 0 bridgehead atoms. The maximum Gasteiger partial charge on any atom is 0.0597 e. The van der Waals surface area contributed by atoms with E-state index in [0.29, 0.717) is 11.6 Å². The van der Waals surface area contributed by atoms with E-state index in [-0.39, 0.29) is 31.4 Å². The zero-order chi connectivity index (χ0) is 8.60. The maximum atomic E-state index is 9.01. The second-order valence-electron chi connectivity index (χ2n) is 4.31. The van der Waals surface area contributed by atoms with Crippen LogP contribution in [-0.4, -0.2) is 47.8 Å². The number of nitrogens with zero attached hydrogens (tertiary/aromatic N) is 1. The highest BCUT2D eigenvalue weighted by Crippen LogP contribution is 2.30. The summed E-state index contributed by atoms with van der Waals surface area (Å²) in [6.07, 6.45) is 2.62. The van der Waals surface area contributed by atoms with Crippen LogP contribution in [-0.2, 0) is 0 Å². The first kappa shape index (κ1) is 14.5. The number of fused-ring (bicyclic) bond motifs is 1. The Hall–Kier alpha value is 0.460. The van der Waals surface area contributed by atoms with Gasteiger partial charge in [-0.1, -0.05) is 0 Å². The number of nitrogens with one attached hydrogen (secondary N) is 1. The summed E-state index contributed by atoms with van der Waals surface area (Å²) in [5, 5.41) is 12.4. The zero-order valence-electron chi connectivity index (χ0n) is 8.53. The van der Waals surface area contributed by atoms with Gasteiger partial charge in [0.15, 0.2) is 0 Å². The number of piperazine rings is 1. The molecule has 3 nitrogen and oxygen atoms in total. The van der Waals surface area contributed by atoms with Crippen molar-refractivity contribution in [1.29, 1.82) is 0 Å². The molecule has 14 heavy (non-hydrogen) atoms. The number of hydrogen-bond acceptors (Lipinski definition) is 3. The van der Waals surface area contributed by atoms with E-state index in [9.17, 15) is 0 Å². The fourth-order valence-electron chi connectivity index (χ4n) is 2.41. The van der Waals surface area contributed by atoms with E-state index in [0.717, 1.165) is 13.1 Å². The largest absolute Gasteiger partial charge is 0.395 e. The minimum absolute atomic E-state index is 0. The van der Waals surface area contributed by atoms with E-state index in [1.807, 2.05) is 0 Å². The first-order valence-corrected chi connectivity index (χ1v) is 4.84. The van der Waals surface area contributed by atoms with Crippen molar-refractivity contribution in [2.24, 2.45) is 0 Å². The minimum Gasteiger partial charge on any atom is -0.395 e. The Labute approximate surface area is 98.1 Å². The monoisotopic (exact) mass is 242 g/mol. The molecule has 0 aliphatic carbocycles. The molecule has 2 heterocycles. The SMILES string of the molecule is CC12CCCN1CC(CO)NC2.Cl.Cl. The van der Waals surface area contributed by atoms with E-state index >= 15 is 0 Å². The molecule has 2 rings (SSSR count). The van der Waals surface area contributed by atoms with Crippen molar-refractivity contribution in [3.63, 3.8) is 0 Å². The molecule has 5 heteroatoms. The van der Waals surface area contributed by atoms with Crippen LogP contribution in [0.3, 0.4) is 0 Å². The van der Waals surface area contributed by atoms with E-state index in [4.69, 9.17) is 5.11 Å². The molecule has 2 atom stereocenters. The molecule has 2 unspecified atom stereocenters. The Kier molecular flexibility index (Phi) is 5.70. The summed E-state index contributed by atoms with van der Waals surface area (Å²) in [6, 6.07) is 0.302. The topological polar surface area (TPSA) is 35.5 Å². The minimum atomic E-state index is 0. The second-order valence-corrected chi connectivity index (χ2v) is 4.31. The lowest BCUT2D eigenvalue weighted by Crippen LogP contribution is -2.61. The fraction of sp³-hybridized carbons (Fsp3) is 1.00. The van der Waals surface area contributed by atoms with E-state index in [1.54, 1.807) is 0 Å². The Morgan fingerprint density at radius 3 is 2.86 bits per heavy atom. The molecule has 2 fully saturated rings. The van der Waals surface area contributed by atoms with E-state index in [1.165, 1.54) is 19.4 Å². The number of aliphatic hydroxyl groups excluding tert-OH is 1. The first-order valence-electron chi connectivity index (χ1n) is 4.84. The predicted octanol–water partition coefficient (Wildman–Crippen LogP) is 0.649. The third-order valence-corrected chi connectivity index (χ3v) is 3.34. The van der Waals surface area contributed by atoms with Gasteiger partial charge in [-0.25, -0.2) is 0 Å². The van der Waals surface area contributed by atoms with Gasteiger partial charge in [-0.2, -0.15) is 0 Å². The van der Waals surface area contributed by atoms with Crippen molar-refractivity contribution in [2.45, 2.75) is 31.3 Å². The third kappa shape index (κ3) is 2.52. The molecular formula is C9H20Cl2N2O. The summed E-state index contributed by atoms with van der Waals surface area (Å²) in [7, 11) is 0. The Bertz CT molecular complexity index is 182. The molecule has 0 spiro atoms. The van der Waals surface area contributed by atoms with Gasteiger partial charge in [0.25, 0.3) is 0 Å².